The number of hydrogen-bond acceptors (Lipinski definition) is 3. The molecule has 4 heteroatoms. The van der Waals surface area contributed by atoms with Crippen molar-refractivity contribution in [2.24, 2.45) is 0 Å². The van der Waals surface area contributed by atoms with E-state index >= 15 is 0 Å². The van der Waals surface area contributed by atoms with E-state index < -0.39 is 15.3 Å². The monoisotopic (exact) mass is 268 g/mol. The van der Waals surface area contributed by atoms with Crippen LogP contribution in [-0.2, 0) is 21.2 Å². The zero-order valence-corrected chi connectivity index (χ0v) is 11.5. The maximum atomic E-state index is 11.8. The van der Waals surface area contributed by atoms with E-state index in [9.17, 15) is 8.42 Å². The number of unbranched alkanes of at least 4 members (excludes halogenated alkanes) is 1. The fourth-order valence-corrected chi connectivity index (χ4v) is 2.55. The molecule has 0 spiro atoms. The number of hydrogen-bond donors (Lipinski definition) is 0. The number of benzene rings is 1. The van der Waals surface area contributed by atoms with Crippen molar-refractivity contribution in [2.45, 2.75) is 38.2 Å². The Hall–Kier alpha value is -1.13. The average Bonchev–Trinajstić information content (AvgIpc) is 2.39. The molecule has 0 aliphatic heterocycles. The molecular formula is C14H20O3S. The van der Waals surface area contributed by atoms with Crippen LogP contribution < -0.4 is 0 Å². The van der Waals surface area contributed by atoms with Gasteiger partial charge in [-0.05, 0) is 12.0 Å². The van der Waals surface area contributed by atoms with Crippen LogP contribution >= 0.6 is 0 Å². The van der Waals surface area contributed by atoms with Gasteiger partial charge in [0.15, 0.2) is 15.3 Å². The minimum absolute atomic E-state index is 0.308. The third-order valence-electron chi connectivity index (χ3n) is 2.67. The summed E-state index contributed by atoms with van der Waals surface area (Å²) >= 11 is 0. The molecule has 0 radical (unpaired) electrons. The van der Waals surface area contributed by atoms with Gasteiger partial charge in [-0.25, -0.2) is 8.42 Å². The Kier molecular flexibility index (Phi) is 6.09. The first-order valence-electron chi connectivity index (χ1n) is 6.12. The summed E-state index contributed by atoms with van der Waals surface area (Å²) in [6.45, 7) is 5.68. The van der Waals surface area contributed by atoms with Gasteiger partial charge in [0, 0.05) is 5.41 Å². The zero-order valence-electron chi connectivity index (χ0n) is 10.7. The van der Waals surface area contributed by atoms with Crippen molar-refractivity contribution in [3.63, 3.8) is 0 Å². The molecule has 0 saturated carbocycles. The number of rotatable bonds is 8. The van der Waals surface area contributed by atoms with Gasteiger partial charge in [0.1, 0.15) is 0 Å². The van der Waals surface area contributed by atoms with Crippen LogP contribution in [0.1, 0.15) is 31.7 Å². The van der Waals surface area contributed by atoms with E-state index in [1.54, 1.807) is 0 Å². The number of ether oxygens (including phenoxy) is 1. The van der Waals surface area contributed by atoms with Crippen LogP contribution in [0, 0.1) is 0 Å². The first kappa shape index (κ1) is 14.9. The van der Waals surface area contributed by atoms with Gasteiger partial charge in [0.2, 0.25) is 0 Å². The van der Waals surface area contributed by atoms with Gasteiger partial charge in [0.05, 0.1) is 6.61 Å². The van der Waals surface area contributed by atoms with Crippen LogP contribution in [0.3, 0.4) is 0 Å². The quantitative estimate of drug-likeness (QED) is 0.726. The fourth-order valence-electron chi connectivity index (χ4n) is 1.58. The van der Waals surface area contributed by atoms with Crippen molar-refractivity contribution in [2.75, 3.05) is 0 Å². The maximum Gasteiger partial charge on any atom is 0.197 e. The summed E-state index contributed by atoms with van der Waals surface area (Å²) in [6.07, 6.45) is 2.28. The van der Waals surface area contributed by atoms with E-state index in [0.29, 0.717) is 13.0 Å². The Bertz CT molecular complexity index is 451. The second kappa shape index (κ2) is 7.34. The molecule has 0 fully saturated rings. The molecule has 0 aliphatic rings. The van der Waals surface area contributed by atoms with Crippen molar-refractivity contribution in [1.82, 2.24) is 0 Å². The Labute approximate surface area is 109 Å². The predicted octanol–water partition coefficient (Wildman–Crippen LogP) is 3.28. The highest BCUT2D eigenvalue weighted by molar-refractivity contribution is 7.94. The lowest BCUT2D eigenvalue weighted by Crippen LogP contribution is -2.22. The van der Waals surface area contributed by atoms with Crippen LogP contribution in [0.4, 0.5) is 0 Å². The molecule has 1 atom stereocenters. The predicted molar refractivity (Wildman–Crippen MR) is 73.7 cm³/mol. The third-order valence-corrected chi connectivity index (χ3v) is 4.24. The lowest BCUT2D eigenvalue weighted by molar-refractivity contribution is 0.0859. The lowest BCUT2D eigenvalue weighted by atomic mass is 10.2. The highest BCUT2D eigenvalue weighted by atomic mass is 32.2. The smallest absolute Gasteiger partial charge is 0.197 e. The molecule has 1 unspecified atom stereocenters. The van der Waals surface area contributed by atoms with Gasteiger partial charge in [0.25, 0.3) is 0 Å². The summed E-state index contributed by atoms with van der Waals surface area (Å²) in [7, 11) is -3.36. The fraction of sp³-hybridized carbons (Fsp3) is 0.429. The van der Waals surface area contributed by atoms with E-state index in [1.807, 2.05) is 37.3 Å². The minimum atomic E-state index is -3.36. The van der Waals surface area contributed by atoms with E-state index in [2.05, 4.69) is 6.58 Å². The summed E-state index contributed by atoms with van der Waals surface area (Å²) in [6, 6.07) is 9.55. The molecule has 1 aromatic carbocycles. The van der Waals surface area contributed by atoms with Gasteiger partial charge in [-0.1, -0.05) is 56.7 Å². The number of sulfone groups is 1. The largest absolute Gasteiger partial charge is 0.357 e. The van der Waals surface area contributed by atoms with Crippen LogP contribution in [0.15, 0.2) is 42.3 Å². The Morgan fingerprint density at radius 3 is 2.56 bits per heavy atom. The molecule has 0 amide bonds. The standard InChI is InChI=1S/C14H20O3S/c1-3-5-11-14(18(15,16)4-2)17-12-13-9-7-6-8-10-13/h4,6-10,14H,2-3,5,11-12H2,1H3. The van der Waals surface area contributed by atoms with Crippen molar-refractivity contribution < 1.29 is 13.2 Å². The topological polar surface area (TPSA) is 43.4 Å². The average molecular weight is 268 g/mol. The molecule has 0 N–H and O–H groups in total. The van der Waals surface area contributed by atoms with Crippen LogP contribution in [0.2, 0.25) is 0 Å². The first-order valence-corrected chi connectivity index (χ1v) is 7.73. The summed E-state index contributed by atoms with van der Waals surface area (Å²) < 4.78 is 29.1. The van der Waals surface area contributed by atoms with Crippen LogP contribution in [0.5, 0.6) is 0 Å². The third kappa shape index (κ3) is 4.63. The summed E-state index contributed by atoms with van der Waals surface area (Å²) in [4.78, 5) is 0. The Balaban J connectivity index is 2.65. The van der Waals surface area contributed by atoms with E-state index in [1.165, 1.54) is 0 Å². The maximum absolute atomic E-state index is 11.8. The molecule has 100 valence electrons. The van der Waals surface area contributed by atoms with E-state index in [4.69, 9.17) is 4.74 Å². The summed E-state index contributed by atoms with van der Waals surface area (Å²) in [5.74, 6) is 0. The van der Waals surface area contributed by atoms with Gasteiger partial charge in [-0.3, -0.25) is 0 Å². The van der Waals surface area contributed by atoms with E-state index in [0.717, 1.165) is 23.8 Å². The normalized spacial score (nSPS) is 13.2. The molecule has 3 nitrogen and oxygen atoms in total. The van der Waals surface area contributed by atoms with Crippen LogP contribution in [0.25, 0.3) is 0 Å². The molecule has 0 bridgehead atoms. The van der Waals surface area contributed by atoms with Gasteiger partial charge in [-0.15, -0.1) is 0 Å². The van der Waals surface area contributed by atoms with Crippen molar-refractivity contribution in [3.05, 3.63) is 47.9 Å². The molecular weight excluding hydrogens is 248 g/mol. The van der Waals surface area contributed by atoms with Crippen molar-refractivity contribution in [3.8, 4) is 0 Å². The molecule has 0 aromatic heterocycles. The Morgan fingerprint density at radius 2 is 2.00 bits per heavy atom. The molecule has 0 saturated heterocycles. The summed E-state index contributed by atoms with van der Waals surface area (Å²) in [5, 5.41) is 0.984. The van der Waals surface area contributed by atoms with Gasteiger partial charge >= 0.3 is 0 Å². The van der Waals surface area contributed by atoms with Gasteiger partial charge < -0.3 is 4.74 Å². The van der Waals surface area contributed by atoms with E-state index in [-0.39, 0.29) is 0 Å². The van der Waals surface area contributed by atoms with Crippen molar-refractivity contribution >= 4 is 9.84 Å². The SMILES string of the molecule is C=CS(=O)(=O)C(CCCC)OCc1ccccc1. The first-order chi connectivity index (χ1) is 8.60. The molecule has 0 aliphatic carbocycles. The molecule has 1 aromatic rings. The van der Waals surface area contributed by atoms with Crippen LogP contribution in [-0.4, -0.2) is 13.9 Å². The zero-order chi connectivity index (χ0) is 13.4. The molecule has 0 heterocycles. The summed E-state index contributed by atoms with van der Waals surface area (Å²) in [5.41, 5.74) is 0.188. The highest BCUT2D eigenvalue weighted by Crippen LogP contribution is 2.15. The van der Waals surface area contributed by atoms with Gasteiger partial charge in [-0.2, -0.15) is 0 Å². The Morgan fingerprint density at radius 1 is 1.33 bits per heavy atom. The molecule has 18 heavy (non-hydrogen) atoms. The van der Waals surface area contributed by atoms with Crippen molar-refractivity contribution in [1.29, 1.82) is 0 Å². The molecule has 1 rings (SSSR count). The minimum Gasteiger partial charge on any atom is -0.357 e. The second-order valence-corrected chi connectivity index (χ2v) is 6.16. The lowest BCUT2D eigenvalue weighted by Gasteiger charge is -2.16. The highest BCUT2D eigenvalue weighted by Gasteiger charge is 2.22. The second-order valence-electron chi connectivity index (χ2n) is 4.12.